The molecule has 0 aromatic heterocycles. The zero-order chi connectivity index (χ0) is 16.0. The number of hydrogen-bond acceptors (Lipinski definition) is 4. The van der Waals surface area contributed by atoms with Gasteiger partial charge in [-0.1, -0.05) is 12.1 Å². The Hall–Kier alpha value is -2.18. The van der Waals surface area contributed by atoms with Gasteiger partial charge >= 0.3 is 12.7 Å². The van der Waals surface area contributed by atoms with Crippen LogP contribution in [0.5, 0.6) is 5.75 Å². The van der Waals surface area contributed by atoms with Gasteiger partial charge in [0.15, 0.2) is 0 Å². The van der Waals surface area contributed by atoms with E-state index in [1.54, 1.807) is 45.9 Å². The number of halogens is 2. The number of nitrogens with one attached hydrogen (secondary N) is 1. The number of ether oxygens (including phenoxy) is 2. The number of carbonyl (C=O) groups is 1. The van der Waals surface area contributed by atoms with E-state index in [2.05, 4.69) is 15.3 Å². The Balaban J connectivity index is 2.81. The molecule has 1 aromatic carbocycles. The van der Waals surface area contributed by atoms with Gasteiger partial charge in [-0.15, -0.1) is 0 Å². The number of benzene rings is 1. The Bertz CT molecular complexity index is 525. The summed E-state index contributed by atoms with van der Waals surface area (Å²) in [4.78, 5) is 11.5. The minimum absolute atomic E-state index is 0.0141. The van der Waals surface area contributed by atoms with E-state index in [-0.39, 0.29) is 5.75 Å². The first-order valence-corrected chi connectivity index (χ1v) is 6.26. The van der Waals surface area contributed by atoms with E-state index in [1.807, 2.05) is 0 Å². The number of hydrogen-bond donors (Lipinski definition) is 1. The molecular formula is C14H18F2N2O3. The fourth-order valence-electron chi connectivity index (χ4n) is 1.45. The Morgan fingerprint density at radius 2 is 1.90 bits per heavy atom. The summed E-state index contributed by atoms with van der Waals surface area (Å²) in [5.41, 5.74) is 2.23. The molecule has 116 valence electrons. The number of carbonyl (C=O) groups excluding carboxylic acids is 1. The van der Waals surface area contributed by atoms with Gasteiger partial charge in [0.25, 0.3) is 0 Å². The highest BCUT2D eigenvalue weighted by Gasteiger charge is 2.16. The molecule has 0 unspecified atom stereocenters. The molecule has 0 bridgehead atoms. The number of alkyl halides is 2. The van der Waals surface area contributed by atoms with Crippen LogP contribution in [0, 0.1) is 0 Å². The van der Waals surface area contributed by atoms with Gasteiger partial charge in [-0.2, -0.15) is 13.9 Å². The molecule has 1 aromatic rings. The van der Waals surface area contributed by atoms with Gasteiger partial charge in [0.1, 0.15) is 11.4 Å². The molecule has 21 heavy (non-hydrogen) atoms. The third kappa shape index (κ3) is 6.20. The van der Waals surface area contributed by atoms with Crippen LogP contribution in [0.2, 0.25) is 0 Å². The highest BCUT2D eigenvalue weighted by atomic mass is 19.3. The predicted molar refractivity (Wildman–Crippen MR) is 74.7 cm³/mol. The lowest BCUT2D eigenvalue weighted by Crippen LogP contribution is -2.30. The monoisotopic (exact) mass is 300 g/mol. The zero-order valence-electron chi connectivity index (χ0n) is 12.3. The molecule has 1 amide bonds. The lowest BCUT2D eigenvalue weighted by molar-refractivity contribution is -0.0499. The fourth-order valence-corrected chi connectivity index (χ4v) is 1.45. The van der Waals surface area contributed by atoms with Crippen molar-refractivity contribution in [2.24, 2.45) is 5.10 Å². The minimum Gasteiger partial charge on any atom is -0.443 e. The normalized spacial score (nSPS) is 12.2. The molecular weight excluding hydrogens is 282 g/mol. The fraction of sp³-hybridized carbons (Fsp3) is 0.429. The van der Waals surface area contributed by atoms with Crippen LogP contribution in [0.4, 0.5) is 13.6 Å². The largest absolute Gasteiger partial charge is 0.443 e. The lowest BCUT2D eigenvalue weighted by Gasteiger charge is -2.18. The van der Waals surface area contributed by atoms with E-state index in [1.165, 1.54) is 6.07 Å². The molecule has 0 aliphatic rings. The second-order valence-electron chi connectivity index (χ2n) is 5.19. The first kappa shape index (κ1) is 16.9. The highest BCUT2D eigenvalue weighted by Crippen LogP contribution is 2.20. The summed E-state index contributed by atoms with van der Waals surface area (Å²) < 4.78 is 34.0. The van der Waals surface area contributed by atoms with Crippen molar-refractivity contribution >= 4 is 11.8 Å². The van der Waals surface area contributed by atoms with Crippen molar-refractivity contribution in [3.8, 4) is 5.75 Å². The third-order valence-electron chi connectivity index (χ3n) is 2.21. The number of rotatable bonds is 4. The summed E-state index contributed by atoms with van der Waals surface area (Å²) in [5.74, 6) is -0.0141. The molecule has 0 fully saturated rings. The maximum absolute atomic E-state index is 12.3. The van der Waals surface area contributed by atoms with Gasteiger partial charge in [-0.05, 0) is 39.8 Å². The van der Waals surface area contributed by atoms with E-state index in [0.717, 1.165) is 0 Å². The predicted octanol–water partition coefficient (Wildman–Crippen LogP) is 3.54. The second kappa shape index (κ2) is 7.01. The Morgan fingerprint density at radius 1 is 1.29 bits per heavy atom. The Kier molecular flexibility index (Phi) is 5.63. The molecule has 7 heteroatoms. The van der Waals surface area contributed by atoms with Crippen molar-refractivity contribution in [1.82, 2.24) is 5.43 Å². The number of hydrazone groups is 1. The van der Waals surface area contributed by atoms with Gasteiger partial charge in [0.2, 0.25) is 0 Å². The molecule has 0 aliphatic carbocycles. The summed E-state index contributed by atoms with van der Waals surface area (Å²) >= 11 is 0. The van der Waals surface area contributed by atoms with Gasteiger partial charge in [0, 0.05) is 5.56 Å². The average Bonchev–Trinajstić information content (AvgIpc) is 2.34. The zero-order valence-corrected chi connectivity index (χ0v) is 12.3. The second-order valence-corrected chi connectivity index (χ2v) is 5.19. The van der Waals surface area contributed by atoms with E-state index < -0.39 is 18.3 Å². The van der Waals surface area contributed by atoms with Gasteiger partial charge in [-0.25, -0.2) is 10.2 Å². The van der Waals surface area contributed by atoms with Crippen LogP contribution in [-0.4, -0.2) is 24.0 Å². The summed E-state index contributed by atoms with van der Waals surface area (Å²) in [7, 11) is 0. The van der Waals surface area contributed by atoms with Gasteiger partial charge in [0.05, 0.1) is 5.71 Å². The average molecular weight is 300 g/mol. The molecule has 0 saturated carbocycles. The molecule has 0 saturated heterocycles. The summed E-state index contributed by atoms with van der Waals surface area (Å²) in [6, 6.07) is 6.18. The van der Waals surface area contributed by atoms with E-state index in [4.69, 9.17) is 4.74 Å². The van der Waals surface area contributed by atoms with Crippen LogP contribution in [-0.2, 0) is 4.74 Å². The highest BCUT2D eigenvalue weighted by molar-refractivity contribution is 6.01. The van der Waals surface area contributed by atoms with Crippen molar-refractivity contribution in [3.05, 3.63) is 29.8 Å². The molecule has 0 atom stereocenters. The van der Waals surface area contributed by atoms with Crippen molar-refractivity contribution in [2.75, 3.05) is 0 Å². The molecule has 5 nitrogen and oxygen atoms in total. The number of para-hydroxylation sites is 1. The molecule has 0 heterocycles. The van der Waals surface area contributed by atoms with Gasteiger partial charge < -0.3 is 9.47 Å². The quantitative estimate of drug-likeness (QED) is 0.683. The third-order valence-corrected chi connectivity index (χ3v) is 2.21. The summed E-state index contributed by atoms with van der Waals surface area (Å²) in [5, 5.41) is 3.81. The first-order chi connectivity index (χ1) is 9.69. The van der Waals surface area contributed by atoms with Crippen LogP contribution in [0.25, 0.3) is 0 Å². The van der Waals surface area contributed by atoms with E-state index >= 15 is 0 Å². The van der Waals surface area contributed by atoms with Crippen LogP contribution >= 0.6 is 0 Å². The van der Waals surface area contributed by atoms with Crippen LogP contribution < -0.4 is 10.2 Å². The number of nitrogens with zero attached hydrogens (tertiary/aromatic N) is 1. The Morgan fingerprint density at radius 3 is 2.48 bits per heavy atom. The van der Waals surface area contributed by atoms with E-state index in [0.29, 0.717) is 11.3 Å². The van der Waals surface area contributed by atoms with Crippen LogP contribution in [0.1, 0.15) is 33.3 Å². The van der Waals surface area contributed by atoms with Gasteiger partial charge in [-0.3, -0.25) is 0 Å². The first-order valence-electron chi connectivity index (χ1n) is 6.26. The lowest BCUT2D eigenvalue weighted by atomic mass is 10.1. The topological polar surface area (TPSA) is 59.9 Å². The molecule has 0 radical (unpaired) electrons. The molecule has 1 rings (SSSR count). The standard InChI is InChI=1S/C14H18F2N2O3/c1-9(17-18-13(19)21-14(2,3)4)10-7-5-6-8-11(10)20-12(15)16/h5-8,12H,1-4H3,(H,18,19). The molecule has 0 aliphatic heterocycles. The van der Waals surface area contributed by atoms with E-state index in [9.17, 15) is 13.6 Å². The smallest absolute Gasteiger partial charge is 0.428 e. The maximum atomic E-state index is 12.3. The van der Waals surface area contributed by atoms with Crippen LogP contribution in [0.3, 0.4) is 0 Å². The molecule has 1 N–H and O–H groups in total. The van der Waals surface area contributed by atoms with Crippen molar-refractivity contribution in [3.63, 3.8) is 0 Å². The SMILES string of the molecule is CC(=NNC(=O)OC(C)(C)C)c1ccccc1OC(F)F. The van der Waals surface area contributed by atoms with Crippen molar-refractivity contribution in [2.45, 2.75) is 39.9 Å². The van der Waals surface area contributed by atoms with Crippen molar-refractivity contribution in [1.29, 1.82) is 0 Å². The Labute approximate surface area is 121 Å². The van der Waals surface area contributed by atoms with Crippen LogP contribution in [0.15, 0.2) is 29.4 Å². The minimum atomic E-state index is -2.93. The van der Waals surface area contributed by atoms with Crippen molar-refractivity contribution < 1.29 is 23.0 Å². The molecule has 0 spiro atoms. The number of amides is 1. The summed E-state index contributed by atoms with van der Waals surface area (Å²) in [6.07, 6.45) is -0.728. The maximum Gasteiger partial charge on any atom is 0.428 e. The summed E-state index contributed by atoms with van der Waals surface area (Å²) in [6.45, 7) is 3.78.